The lowest BCUT2D eigenvalue weighted by molar-refractivity contribution is -0.123. The zero-order valence-electron chi connectivity index (χ0n) is 16.6. The molecule has 4 rings (SSSR count). The Hall–Kier alpha value is -2.65. The van der Waals surface area contributed by atoms with Crippen molar-refractivity contribution in [1.82, 2.24) is 4.31 Å². The molecule has 1 atom stereocenters. The van der Waals surface area contributed by atoms with E-state index in [0.29, 0.717) is 37.4 Å². The number of amides is 1. The van der Waals surface area contributed by atoms with Crippen molar-refractivity contribution in [3.05, 3.63) is 48.3 Å². The Morgan fingerprint density at radius 2 is 2.00 bits per heavy atom. The van der Waals surface area contributed by atoms with Gasteiger partial charge in [0.2, 0.25) is 15.9 Å². The Kier molecular flexibility index (Phi) is 5.66. The monoisotopic (exact) mass is 434 g/mol. The second-order valence-electron chi connectivity index (χ2n) is 7.30. The Bertz CT molecular complexity index is 1060. The smallest absolute Gasteiger partial charge is 0.246 e. The highest BCUT2D eigenvalue weighted by Gasteiger charge is 2.37. The predicted molar refractivity (Wildman–Crippen MR) is 109 cm³/mol. The minimum atomic E-state index is -4.01. The number of hydrogen-bond acceptors (Lipinski definition) is 5. The predicted octanol–water partition coefficient (Wildman–Crippen LogP) is 2.66. The second-order valence-corrected chi connectivity index (χ2v) is 9.21. The van der Waals surface area contributed by atoms with Gasteiger partial charge < -0.3 is 14.4 Å². The van der Waals surface area contributed by atoms with Crippen LogP contribution in [0.25, 0.3) is 0 Å². The van der Waals surface area contributed by atoms with Gasteiger partial charge in [-0.25, -0.2) is 12.8 Å². The lowest BCUT2D eigenvalue weighted by Gasteiger charge is -2.36. The molecule has 1 fully saturated rings. The quantitative estimate of drug-likeness (QED) is 0.740. The molecule has 30 heavy (non-hydrogen) atoms. The normalized spacial score (nSPS) is 19.7. The summed E-state index contributed by atoms with van der Waals surface area (Å²) in [5.74, 6) is -0.561. The molecule has 2 aliphatic rings. The average molecular weight is 434 g/mol. The Morgan fingerprint density at radius 1 is 1.20 bits per heavy atom. The van der Waals surface area contributed by atoms with E-state index in [1.165, 1.54) is 17.5 Å². The van der Waals surface area contributed by atoms with Crippen LogP contribution in [0.4, 0.5) is 10.1 Å². The highest BCUT2D eigenvalue weighted by molar-refractivity contribution is 7.89. The first-order valence-corrected chi connectivity index (χ1v) is 11.2. The Balaban J connectivity index is 1.58. The fourth-order valence-electron chi connectivity index (χ4n) is 3.97. The van der Waals surface area contributed by atoms with Crippen molar-refractivity contribution < 1.29 is 27.1 Å². The second kappa shape index (κ2) is 8.23. The molecule has 0 aliphatic carbocycles. The van der Waals surface area contributed by atoms with E-state index in [1.54, 1.807) is 4.90 Å². The molecule has 0 saturated carbocycles. The summed E-state index contributed by atoms with van der Waals surface area (Å²) in [5.41, 5.74) is 0.695. The van der Waals surface area contributed by atoms with E-state index in [4.69, 9.17) is 9.47 Å². The number of rotatable bonds is 4. The van der Waals surface area contributed by atoms with Crippen LogP contribution in [0.1, 0.15) is 12.8 Å². The first-order chi connectivity index (χ1) is 14.4. The third-order valence-corrected chi connectivity index (χ3v) is 7.36. The van der Waals surface area contributed by atoms with Crippen LogP contribution in [-0.4, -0.2) is 52.0 Å². The first-order valence-electron chi connectivity index (χ1n) is 9.78. The number of benzene rings is 2. The standard InChI is InChI=1S/C21H23FN2O5S/c1-28-19-9-8-16(22)13-20(19)30(26,27)23-10-4-5-15(14-23)21(25)24-11-12-29-18-7-3-2-6-17(18)24/h2-3,6-9,13,15H,4-5,10-12,14H2,1H3. The maximum atomic E-state index is 13.8. The van der Waals surface area contributed by atoms with Gasteiger partial charge in [0.15, 0.2) is 0 Å². The van der Waals surface area contributed by atoms with Crippen LogP contribution < -0.4 is 14.4 Å². The van der Waals surface area contributed by atoms with Crippen molar-refractivity contribution in [2.24, 2.45) is 5.92 Å². The van der Waals surface area contributed by atoms with E-state index in [1.807, 2.05) is 24.3 Å². The van der Waals surface area contributed by atoms with Crippen molar-refractivity contribution in [1.29, 1.82) is 0 Å². The number of halogens is 1. The number of fused-ring (bicyclic) bond motifs is 1. The zero-order chi connectivity index (χ0) is 21.3. The molecule has 1 saturated heterocycles. The molecule has 1 unspecified atom stereocenters. The van der Waals surface area contributed by atoms with E-state index in [-0.39, 0.29) is 29.6 Å². The summed E-state index contributed by atoms with van der Waals surface area (Å²) in [7, 11) is -2.67. The summed E-state index contributed by atoms with van der Waals surface area (Å²) < 4.78 is 52.1. The van der Waals surface area contributed by atoms with Gasteiger partial charge in [-0.15, -0.1) is 0 Å². The van der Waals surface area contributed by atoms with Crippen LogP contribution in [-0.2, 0) is 14.8 Å². The number of sulfonamides is 1. The molecule has 2 aromatic rings. The van der Waals surface area contributed by atoms with E-state index in [0.717, 1.165) is 12.1 Å². The highest BCUT2D eigenvalue weighted by atomic mass is 32.2. The molecule has 0 N–H and O–H groups in total. The number of piperidine rings is 1. The van der Waals surface area contributed by atoms with Crippen LogP contribution in [0.2, 0.25) is 0 Å². The van der Waals surface area contributed by atoms with Crippen LogP contribution in [0, 0.1) is 11.7 Å². The van der Waals surface area contributed by atoms with Gasteiger partial charge in [-0.1, -0.05) is 12.1 Å². The third kappa shape index (κ3) is 3.75. The molecular weight excluding hydrogens is 411 g/mol. The van der Waals surface area contributed by atoms with E-state index in [9.17, 15) is 17.6 Å². The lowest BCUT2D eigenvalue weighted by atomic mass is 9.97. The average Bonchev–Trinajstić information content (AvgIpc) is 2.78. The summed E-state index contributed by atoms with van der Waals surface area (Å²) in [6.07, 6.45) is 1.13. The number of hydrogen-bond donors (Lipinski definition) is 0. The SMILES string of the molecule is COc1ccc(F)cc1S(=O)(=O)N1CCCC(C(=O)N2CCOc3ccccc32)C1. The van der Waals surface area contributed by atoms with Crippen LogP contribution in [0.3, 0.4) is 0 Å². The molecule has 160 valence electrons. The highest BCUT2D eigenvalue weighted by Crippen LogP contribution is 2.35. The molecule has 0 aromatic heterocycles. The van der Waals surface area contributed by atoms with Gasteiger partial charge in [-0.05, 0) is 43.2 Å². The number of nitrogens with zero attached hydrogens (tertiary/aromatic N) is 2. The van der Waals surface area contributed by atoms with Gasteiger partial charge in [0.05, 0.1) is 25.3 Å². The van der Waals surface area contributed by atoms with Crippen LogP contribution in [0.5, 0.6) is 11.5 Å². The number of ether oxygens (including phenoxy) is 2. The Morgan fingerprint density at radius 3 is 2.80 bits per heavy atom. The van der Waals surface area contributed by atoms with Crippen LogP contribution >= 0.6 is 0 Å². The summed E-state index contributed by atoms with van der Waals surface area (Å²) >= 11 is 0. The van der Waals surface area contributed by atoms with Crippen LogP contribution in [0.15, 0.2) is 47.4 Å². The fraction of sp³-hybridized carbons (Fsp3) is 0.381. The first kappa shape index (κ1) is 20.6. The summed E-state index contributed by atoms with van der Waals surface area (Å²) in [6, 6.07) is 10.7. The van der Waals surface area contributed by atoms with Crippen molar-refractivity contribution in [3.63, 3.8) is 0 Å². The zero-order valence-corrected chi connectivity index (χ0v) is 17.4. The molecule has 9 heteroatoms. The largest absolute Gasteiger partial charge is 0.495 e. The van der Waals surface area contributed by atoms with Crippen molar-refractivity contribution in [2.75, 3.05) is 38.3 Å². The van der Waals surface area contributed by atoms with Gasteiger partial charge >= 0.3 is 0 Å². The molecule has 2 aliphatic heterocycles. The number of carbonyl (C=O) groups excluding carboxylic acids is 1. The molecule has 0 bridgehead atoms. The van der Waals surface area contributed by atoms with Gasteiger partial charge in [0.1, 0.15) is 28.8 Å². The van der Waals surface area contributed by atoms with Crippen molar-refractivity contribution in [3.8, 4) is 11.5 Å². The van der Waals surface area contributed by atoms with E-state index in [2.05, 4.69) is 0 Å². The molecule has 7 nitrogen and oxygen atoms in total. The van der Waals surface area contributed by atoms with Gasteiger partial charge in [0, 0.05) is 13.1 Å². The van der Waals surface area contributed by atoms with Gasteiger partial charge in [0.25, 0.3) is 0 Å². The topological polar surface area (TPSA) is 76.2 Å². The molecule has 0 radical (unpaired) electrons. The summed E-state index contributed by atoms with van der Waals surface area (Å²) in [5, 5.41) is 0. The minimum Gasteiger partial charge on any atom is -0.495 e. The van der Waals surface area contributed by atoms with Crippen molar-refractivity contribution >= 4 is 21.6 Å². The number of para-hydroxylation sites is 2. The Labute approximate surface area is 175 Å². The molecule has 2 heterocycles. The fourth-order valence-corrected chi connectivity index (χ4v) is 5.66. The molecule has 2 aromatic carbocycles. The molecule has 1 amide bonds. The molecular formula is C21H23FN2O5S. The number of carbonyl (C=O) groups is 1. The molecule has 0 spiro atoms. The lowest BCUT2D eigenvalue weighted by Crippen LogP contribution is -2.48. The maximum absolute atomic E-state index is 13.8. The summed E-state index contributed by atoms with van der Waals surface area (Å²) in [4.78, 5) is 14.7. The maximum Gasteiger partial charge on any atom is 0.246 e. The summed E-state index contributed by atoms with van der Waals surface area (Å²) in [6.45, 7) is 1.11. The number of methoxy groups -OCH3 is 1. The van der Waals surface area contributed by atoms with Crippen molar-refractivity contribution in [2.45, 2.75) is 17.7 Å². The minimum absolute atomic E-state index is 0.0420. The van der Waals surface area contributed by atoms with Gasteiger partial charge in [-0.2, -0.15) is 4.31 Å². The van der Waals surface area contributed by atoms with E-state index < -0.39 is 21.8 Å². The third-order valence-electron chi connectivity index (χ3n) is 5.47. The van der Waals surface area contributed by atoms with E-state index >= 15 is 0 Å². The van der Waals surface area contributed by atoms with Gasteiger partial charge in [-0.3, -0.25) is 4.79 Å². The number of anilines is 1.